The zero-order chi connectivity index (χ0) is 14.9. The van der Waals surface area contributed by atoms with Crippen molar-refractivity contribution < 1.29 is 4.79 Å². The maximum absolute atomic E-state index is 12.4. The van der Waals surface area contributed by atoms with E-state index in [1.165, 1.54) is 0 Å². The number of nitrogens with two attached hydrogens (primary N) is 1. The Morgan fingerprint density at radius 3 is 2.45 bits per heavy atom. The van der Waals surface area contributed by atoms with Gasteiger partial charge in [-0.25, -0.2) is 4.98 Å². The monoisotopic (exact) mass is 361 g/mol. The number of amides is 1. The van der Waals surface area contributed by atoms with E-state index in [1.54, 1.807) is 23.5 Å². The minimum atomic E-state index is -0.507. The van der Waals surface area contributed by atoms with E-state index < -0.39 is 5.54 Å². The van der Waals surface area contributed by atoms with Crippen LogP contribution in [0.5, 0.6) is 0 Å². The quantitative estimate of drug-likeness (QED) is 0.815. The minimum absolute atomic E-state index is 0. The van der Waals surface area contributed by atoms with Crippen LogP contribution in [0.1, 0.15) is 39.7 Å². The van der Waals surface area contributed by atoms with Gasteiger partial charge in [-0.15, -0.1) is 36.2 Å². The molecule has 0 spiro atoms. The number of nitrogen functional groups attached to an aromatic ring is 1. The first-order chi connectivity index (χ1) is 9.29. The lowest BCUT2D eigenvalue weighted by atomic mass is 10.0. The number of nitrogens with zero attached hydrogens (tertiary/aromatic N) is 1. The first-order valence-electron chi connectivity index (χ1n) is 6.41. The van der Waals surface area contributed by atoms with E-state index in [-0.39, 0.29) is 30.7 Å². The molecule has 2 rings (SSSR count). The van der Waals surface area contributed by atoms with Gasteiger partial charge in [-0.3, -0.25) is 4.79 Å². The molecular weight excluding hydrogens is 341 g/mol. The summed E-state index contributed by atoms with van der Waals surface area (Å²) in [5, 5.41) is 3.92. The molecule has 0 fully saturated rings. The van der Waals surface area contributed by atoms with Crippen LogP contribution in [0.2, 0.25) is 0 Å². The van der Waals surface area contributed by atoms with E-state index in [2.05, 4.69) is 10.3 Å². The summed E-state index contributed by atoms with van der Waals surface area (Å²) in [6.07, 6.45) is 1.82. The van der Waals surface area contributed by atoms with Crippen molar-refractivity contribution in [1.82, 2.24) is 10.3 Å². The van der Waals surface area contributed by atoms with Crippen LogP contribution in [0.4, 0.5) is 5.69 Å². The summed E-state index contributed by atoms with van der Waals surface area (Å²) < 4.78 is 0. The second-order valence-corrected chi connectivity index (χ2v) is 6.66. The molecular formula is C15H21Cl2N3OS. The third kappa shape index (κ3) is 4.60. The highest BCUT2D eigenvalue weighted by molar-refractivity contribution is 7.11. The Labute approximate surface area is 147 Å². The van der Waals surface area contributed by atoms with Crippen molar-refractivity contribution in [2.75, 3.05) is 5.73 Å². The molecule has 1 heterocycles. The van der Waals surface area contributed by atoms with E-state index in [0.717, 1.165) is 15.4 Å². The van der Waals surface area contributed by atoms with Crippen molar-refractivity contribution in [3.63, 3.8) is 0 Å². The maximum Gasteiger partial charge on any atom is 0.252 e. The summed E-state index contributed by atoms with van der Waals surface area (Å²) in [5.41, 5.74) is 7.34. The smallest absolute Gasteiger partial charge is 0.252 e. The third-order valence-electron chi connectivity index (χ3n) is 3.09. The van der Waals surface area contributed by atoms with Crippen LogP contribution in [0, 0.1) is 13.8 Å². The fraction of sp³-hybridized carbons (Fsp3) is 0.333. The Hall–Kier alpha value is -1.30. The van der Waals surface area contributed by atoms with Gasteiger partial charge in [0.05, 0.1) is 5.54 Å². The first-order valence-corrected chi connectivity index (χ1v) is 7.23. The van der Waals surface area contributed by atoms with Gasteiger partial charge in [-0.05, 0) is 45.4 Å². The molecule has 0 saturated heterocycles. The molecule has 1 aromatic heterocycles. The second kappa shape index (κ2) is 7.81. The number of rotatable bonds is 3. The van der Waals surface area contributed by atoms with E-state index in [9.17, 15) is 4.79 Å². The molecule has 0 saturated carbocycles. The number of nitrogens with one attached hydrogen (secondary N) is 1. The van der Waals surface area contributed by atoms with Crippen LogP contribution in [-0.2, 0) is 5.54 Å². The number of carbonyl (C=O) groups is 1. The van der Waals surface area contributed by atoms with Gasteiger partial charge in [-0.1, -0.05) is 6.07 Å². The van der Waals surface area contributed by atoms with Crippen molar-refractivity contribution in [2.45, 2.75) is 33.2 Å². The van der Waals surface area contributed by atoms with Crippen molar-refractivity contribution in [1.29, 1.82) is 0 Å². The normalized spacial score (nSPS) is 10.4. The summed E-state index contributed by atoms with van der Waals surface area (Å²) in [6, 6.07) is 5.35. The van der Waals surface area contributed by atoms with Crippen molar-refractivity contribution in [3.05, 3.63) is 45.4 Å². The van der Waals surface area contributed by atoms with Crippen LogP contribution in [0.15, 0.2) is 24.4 Å². The molecule has 1 aromatic carbocycles. The Balaban J connectivity index is 0.00000220. The number of halogens is 2. The van der Waals surface area contributed by atoms with Gasteiger partial charge < -0.3 is 11.1 Å². The lowest BCUT2D eigenvalue weighted by molar-refractivity contribution is 0.0911. The molecule has 0 aliphatic heterocycles. The van der Waals surface area contributed by atoms with Gasteiger partial charge >= 0.3 is 0 Å². The van der Waals surface area contributed by atoms with Crippen molar-refractivity contribution in [3.8, 4) is 0 Å². The third-order valence-corrected chi connectivity index (χ3v) is 4.32. The molecule has 0 atom stereocenters. The summed E-state index contributed by atoms with van der Waals surface area (Å²) in [6.45, 7) is 7.80. The van der Waals surface area contributed by atoms with Gasteiger partial charge in [0.15, 0.2) is 0 Å². The van der Waals surface area contributed by atoms with Crippen LogP contribution in [-0.4, -0.2) is 10.9 Å². The predicted molar refractivity (Wildman–Crippen MR) is 97.4 cm³/mol. The topological polar surface area (TPSA) is 68.0 Å². The van der Waals surface area contributed by atoms with Gasteiger partial charge in [0, 0.05) is 22.3 Å². The fourth-order valence-electron chi connectivity index (χ4n) is 1.93. The number of aryl methyl sites for hydroxylation is 2. The summed E-state index contributed by atoms with van der Waals surface area (Å²) >= 11 is 1.59. The fourth-order valence-corrected chi connectivity index (χ4v) is 2.75. The van der Waals surface area contributed by atoms with Crippen molar-refractivity contribution >= 4 is 47.7 Å². The Morgan fingerprint density at radius 1 is 1.27 bits per heavy atom. The van der Waals surface area contributed by atoms with Crippen LogP contribution >= 0.6 is 36.2 Å². The molecule has 3 N–H and O–H groups in total. The summed E-state index contributed by atoms with van der Waals surface area (Å²) in [4.78, 5) is 17.9. The molecule has 0 bridgehead atoms. The van der Waals surface area contributed by atoms with Crippen LogP contribution in [0.25, 0.3) is 0 Å². The van der Waals surface area contributed by atoms with Crippen LogP contribution in [0.3, 0.4) is 0 Å². The molecule has 4 nitrogen and oxygen atoms in total. The molecule has 7 heteroatoms. The predicted octanol–water partition coefficient (Wildman–Crippen LogP) is 3.85. The highest BCUT2D eigenvalue weighted by Crippen LogP contribution is 2.25. The van der Waals surface area contributed by atoms with Gasteiger partial charge in [-0.2, -0.15) is 0 Å². The van der Waals surface area contributed by atoms with Crippen LogP contribution < -0.4 is 11.1 Å². The molecule has 2 aromatic rings. The average Bonchev–Trinajstić information content (AvgIpc) is 2.79. The van der Waals surface area contributed by atoms with E-state index >= 15 is 0 Å². The standard InChI is InChI=1S/C15H19N3OS.2ClH/c1-9-5-6-11(16)7-12(9)13(19)18-15(3,4)14-17-8-10(2)20-14;;/h5-8H,16H2,1-4H3,(H,18,19);2*1H. The first kappa shape index (κ1) is 20.7. The molecule has 0 unspecified atom stereocenters. The number of anilines is 1. The SMILES string of the molecule is Cc1cnc(C(C)(C)NC(=O)c2cc(N)ccc2C)s1.Cl.Cl. The summed E-state index contributed by atoms with van der Waals surface area (Å²) in [5.74, 6) is -0.132. The number of aromatic nitrogens is 1. The molecule has 0 aliphatic carbocycles. The number of hydrogen-bond donors (Lipinski definition) is 2. The Bertz CT molecular complexity index is 656. The number of thiazole rings is 1. The molecule has 122 valence electrons. The lowest BCUT2D eigenvalue weighted by Gasteiger charge is -2.24. The largest absolute Gasteiger partial charge is 0.399 e. The Kier molecular flexibility index (Phi) is 7.35. The van der Waals surface area contributed by atoms with Gasteiger partial charge in [0.2, 0.25) is 0 Å². The second-order valence-electron chi connectivity index (χ2n) is 5.43. The number of benzene rings is 1. The van der Waals surface area contributed by atoms with Gasteiger partial charge in [0.25, 0.3) is 5.91 Å². The summed E-state index contributed by atoms with van der Waals surface area (Å²) in [7, 11) is 0. The van der Waals surface area contributed by atoms with E-state index in [4.69, 9.17) is 5.73 Å². The minimum Gasteiger partial charge on any atom is -0.399 e. The number of hydrogen-bond acceptors (Lipinski definition) is 4. The lowest BCUT2D eigenvalue weighted by Crippen LogP contribution is -2.41. The molecule has 0 radical (unpaired) electrons. The van der Waals surface area contributed by atoms with E-state index in [0.29, 0.717) is 11.3 Å². The molecule has 0 aliphatic rings. The average molecular weight is 362 g/mol. The maximum atomic E-state index is 12.4. The molecule has 1 amide bonds. The van der Waals surface area contributed by atoms with E-state index in [1.807, 2.05) is 40.0 Å². The zero-order valence-corrected chi connectivity index (χ0v) is 15.4. The number of carbonyl (C=O) groups excluding carboxylic acids is 1. The van der Waals surface area contributed by atoms with Gasteiger partial charge in [0.1, 0.15) is 5.01 Å². The van der Waals surface area contributed by atoms with Crippen molar-refractivity contribution in [2.24, 2.45) is 0 Å². The zero-order valence-electron chi connectivity index (χ0n) is 13.0. The highest BCUT2D eigenvalue weighted by Gasteiger charge is 2.27. The highest BCUT2D eigenvalue weighted by atomic mass is 35.5. The molecule has 22 heavy (non-hydrogen) atoms. The Morgan fingerprint density at radius 2 is 1.91 bits per heavy atom.